The zero-order valence-electron chi connectivity index (χ0n) is 0. The summed E-state index contributed by atoms with van der Waals surface area (Å²) in [6.07, 6.45) is 0. The Bertz CT molecular complexity index is 0. The summed E-state index contributed by atoms with van der Waals surface area (Å²) in [5.74, 6) is 0. The molecular weight excluding hydrogens is 108 g/mol. The van der Waals surface area contributed by atoms with Crippen LogP contribution in [0.5, 0.6) is 0 Å². The lowest BCUT2D eigenvalue weighted by atomic mass is 12.0. The summed E-state index contributed by atoms with van der Waals surface area (Å²) >= 11 is 0. The molecule has 0 heterocycles. The molecule has 0 spiro atoms. The van der Waals surface area contributed by atoms with E-state index in [1.54, 1.807) is 0 Å². The Morgan fingerprint density at radius 3 is 0.111 bits per heavy atom. The topological polar surface area (TPSA) is 0 Å². The maximum atomic E-state index is 0. The van der Waals surface area contributed by atoms with Gasteiger partial charge in [0.2, 0.25) is 0 Å². The van der Waals surface area contributed by atoms with Gasteiger partial charge in [0.15, 0.2) is 0 Å². The van der Waals surface area contributed by atoms with Gasteiger partial charge in [-0.25, -0.2) is 0 Å². The van der Waals surface area contributed by atoms with E-state index in [9.17, 15) is 0 Å². The molecular formula is C9H36. The zero-order valence-corrected chi connectivity index (χ0v) is 0. The molecule has 0 rings (SSSR count). The second-order valence-corrected chi connectivity index (χ2v) is 0. The molecule has 9 heavy (non-hydrogen) atoms. The van der Waals surface area contributed by atoms with Crippen molar-refractivity contribution in [1.82, 2.24) is 0 Å². The molecule has 0 saturated heterocycles. The highest BCUT2D eigenvalue weighted by Crippen LogP contribution is 0.152. The third-order valence-electron chi connectivity index (χ3n) is 0. The second-order valence-electron chi connectivity index (χ2n) is 0. The van der Waals surface area contributed by atoms with E-state index in [1.165, 1.54) is 0 Å². The van der Waals surface area contributed by atoms with Crippen LogP contribution in [-0.2, 0) is 0 Å². The molecule has 0 aliphatic carbocycles. The lowest BCUT2D eigenvalue weighted by molar-refractivity contribution is 2.50. The van der Waals surface area contributed by atoms with Crippen LogP contribution in [0.4, 0.5) is 0 Å². The van der Waals surface area contributed by atoms with Crippen molar-refractivity contribution in [1.29, 1.82) is 0 Å². The molecule has 0 heteroatoms. The summed E-state index contributed by atoms with van der Waals surface area (Å²) in [5.41, 5.74) is 0. The fraction of sp³-hybridized carbons (Fsp3) is 1.00. The van der Waals surface area contributed by atoms with Crippen LogP contribution in [0.1, 0.15) is 66.8 Å². The minimum atomic E-state index is 0. The molecule has 0 aromatic rings. The molecule has 0 atom stereocenters. The first-order chi connectivity index (χ1) is 0. The van der Waals surface area contributed by atoms with E-state index < -0.39 is 0 Å². The summed E-state index contributed by atoms with van der Waals surface area (Å²) in [6.45, 7) is 0. The van der Waals surface area contributed by atoms with Gasteiger partial charge >= 0.3 is 0 Å². The first-order valence-electron chi connectivity index (χ1n) is 0. The van der Waals surface area contributed by atoms with Gasteiger partial charge in [-0.1, -0.05) is 66.8 Å². The van der Waals surface area contributed by atoms with Crippen LogP contribution in [0.3, 0.4) is 0 Å². The second kappa shape index (κ2) is 0. The van der Waals surface area contributed by atoms with E-state index in [-0.39, 0.29) is 66.8 Å². The molecule has 0 N–H and O–H groups in total. The van der Waals surface area contributed by atoms with Crippen molar-refractivity contribution in [2.75, 3.05) is 0 Å². The zero-order chi connectivity index (χ0) is 0. The number of hydrogen-bond acceptors (Lipinski definition) is 0. The SMILES string of the molecule is C.C.C.C.C.C.C.C.C. The normalized spacial score (nSPS) is 0. The van der Waals surface area contributed by atoms with Crippen LogP contribution in [0, 0.1) is 0 Å². The van der Waals surface area contributed by atoms with Gasteiger partial charge in [0, 0.05) is 0 Å². The molecule has 0 aromatic carbocycles. The predicted molar refractivity (Wildman–Crippen MR) is 60.6 cm³/mol. The Hall–Kier alpha value is 0. The largest absolute Gasteiger partial charge is 0.0776 e. The van der Waals surface area contributed by atoms with Crippen molar-refractivity contribution in [2.45, 2.75) is 66.8 Å². The molecule has 0 nitrogen and oxygen atoms in total. The Kier molecular flexibility index (Phi) is 0. The molecule has 0 bridgehead atoms. The monoisotopic (exact) mass is 144 g/mol. The third-order valence-corrected chi connectivity index (χ3v) is 0. The first-order valence-corrected chi connectivity index (χ1v) is 0. The Morgan fingerprint density at radius 1 is 0.111 bits per heavy atom. The molecule has 72 valence electrons. The van der Waals surface area contributed by atoms with Gasteiger partial charge in [-0.05, 0) is 0 Å². The van der Waals surface area contributed by atoms with Crippen LogP contribution in [-0.4, -0.2) is 0 Å². The number of rotatable bonds is 0. The summed E-state index contributed by atoms with van der Waals surface area (Å²) in [7, 11) is 0. The van der Waals surface area contributed by atoms with Gasteiger partial charge in [-0.15, -0.1) is 0 Å². The minimum absolute atomic E-state index is 0. The van der Waals surface area contributed by atoms with Gasteiger partial charge in [0.05, 0.1) is 0 Å². The molecule has 0 aliphatic rings. The smallest absolute Gasteiger partial charge is 0.0776 e. The average molecular weight is 144 g/mol. The van der Waals surface area contributed by atoms with E-state index in [0.717, 1.165) is 0 Å². The van der Waals surface area contributed by atoms with E-state index in [1.807, 2.05) is 0 Å². The molecule has 0 fully saturated rings. The van der Waals surface area contributed by atoms with Crippen LogP contribution in [0.15, 0.2) is 0 Å². The van der Waals surface area contributed by atoms with Crippen molar-refractivity contribution in [3.05, 3.63) is 0 Å². The van der Waals surface area contributed by atoms with Gasteiger partial charge < -0.3 is 0 Å². The Balaban J connectivity index is 0. The molecule has 0 unspecified atom stereocenters. The standard InChI is InChI=1S/9CH4/h9*1H4. The van der Waals surface area contributed by atoms with Crippen molar-refractivity contribution >= 4 is 0 Å². The van der Waals surface area contributed by atoms with Crippen LogP contribution >= 0.6 is 0 Å². The third kappa shape index (κ3) is 0. The fourth-order valence-corrected chi connectivity index (χ4v) is 0. The Morgan fingerprint density at radius 2 is 0.111 bits per heavy atom. The highest BCUT2D eigenvalue weighted by molar-refractivity contribution is 2.51. The molecule has 0 saturated carbocycles. The van der Waals surface area contributed by atoms with Crippen molar-refractivity contribution in [3.63, 3.8) is 0 Å². The highest BCUT2D eigenvalue weighted by Gasteiger charge is -0.0696. The van der Waals surface area contributed by atoms with Crippen molar-refractivity contribution < 1.29 is 0 Å². The summed E-state index contributed by atoms with van der Waals surface area (Å²) in [4.78, 5) is 0. The van der Waals surface area contributed by atoms with Crippen molar-refractivity contribution in [2.24, 2.45) is 0 Å². The first kappa shape index (κ1) is 0. The average Bonchev–Trinajstić information content (AvgIpc) is 0. The van der Waals surface area contributed by atoms with E-state index in [2.05, 4.69) is 0 Å². The van der Waals surface area contributed by atoms with E-state index in [0.29, 0.717) is 0 Å². The lowest BCUT2D eigenvalue weighted by Crippen LogP contribution is 0.143. The minimum Gasteiger partial charge on any atom is -0.0776 e. The highest BCUT2D eigenvalue weighted by atomic mass is 12.0. The Labute approximate surface area is 67.7 Å². The van der Waals surface area contributed by atoms with E-state index >= 15 is 0 Å². The fourth-order valence-electron chi connectivity index (χ4n) is 0. The van der Waals surface area contributed by atoms with Crippen LogP contribution in [0.2, 0.25) is 0 Å². The summed E-state index contributed by atoms with van der Waals surface area (Å²) in [6, 6.07) is 0. The van der Waals surface area contributed by atoms with Crippen LogP contribution < -0.4 is 0 Å². The summed E-state index contributed by atoms with van der Waals surface area (Å²) < 4.78 is 0. The van der Waals surface area contributed by atoms with Gasteiger partial charge in [-0.2, -0.15) is 0 Å². The maximum Gasteiger partial charge on any atom is -0.0776 e. The predicted octanol–water partition coefficient (Wildman–Crippen LogP) is 5.72. The van der Waals surface area contributed by atoms with Gasteiger partial charge in [-0.3, -0.25) is 0 Å². The van der Waals surface area contributed by atoms with E-state index in [4.69, 9.17) is 0 Å². The maximum absolute atomic E-state index is 0. The lowest BCUT2D eigenvalue weighted by Gasteiger charge is -0.0786. The molecule has 0 aromatic heterocycles. The van der Waals surface area contributed by atoms with Crippen LogP contribution in [0.25, 0.3) is 0 Å². The summed E-state index contributed by atoms with van der Waals surface area (Å²) in [5, 5.41) is 0. The van der Waals surface area contributed by atoms with Gasteiger partial charge in [0.25, 0.3) is 0 Å². The van der Waals surface area contributed by atoms with Gasteiger partial charge in [0.1, 0.15) is 0 Å². The number of hydrogen-bond donors (Lipinski definition) is 0. The molecule has 0 radical (unpaired) electrons. The molecule has 0 aliphatic heterocycles. The van der Waals surface area contributed by atoms with Crippen molar-refractivity contribution in [3.8, 4) is 0 Å². The molecule has 0 amide bonds. The quantitative estimate of drug-likeness (QED) is 0.407.